The van der Waals surface area contributed by atoms with Gasteiger partial charge in [-0.1, -0.05) is 13.5 Å². The van der Waals surface area contributed by atoms with Crippen LogP contribution < -0.4 is 5.73 Å². The molecule has 0 heterocycles. The standard InChI is InChI=1S/C9H18O4.C3H7NO/c1-3-11-6-7-13-9-8-12-5-4-10-2;1-2-3(4)5/h3H,1,4-9H2,2H3;2H2,1H3,(H2,4,5). The molecule has 2 N–H and O–H groups in total. The molecule has 0 fully saturated rings. The molecule has 0 rings (SSSR count). The number of nitrogens with two attached hydrogens (primary N) is 1. The SMILES string of the molecule is C=COCCOCCOCCOC.CCC(N)=O. The molecule has 0 unspecified atom stereocenters. The van der Waals surface area contributed by atoms with E-state index < -0.39 is 0 Å². The molecular formula is C12H25NO5. The van der Waals surface area contributed by atoms with Gasteiger partial charge in [0.1, 0.15) is 6.61 Å². The van der Waals surface area contributed by atoms with Crippen LogP contribution in [-0.4, -0.2) is 52.7 Å². The molecule has 108 valence electrons. The zero-order valence-corrected chi connectivity index (χ0v) is 11.4. The van der Waals surface area contributed by atoms with Crippen LogP contribution in [0.5, 0.6) is 0 Å². The third kappa shape index (κ3) is 24.2. The number of hydrogen-bond donors (Lipinski definition) is 1. The molecule has 0 saturated carbocycles. The normalized spacial score (nSPS) is 9.22. The fourth-order valence-electron chi connectivity index (χ4n) is 0.655. The van der Waals surface area contributed by atoms with E-state index in [-0.39, 0.29) is 5.91 Å². The lowest BCUT2D eigenvalue weighted by molar-refractivity contribution is -0.117. The highest BCUT2D eigenvalue weighted by atomic mass is 16.5. The molecule has 18 heavy (non-hydrogen) atoms. The zero-order valence-electron chi connectivity index (χ0n) is 11.4. The molecule has 0 aromatic carbocycles. The van der Waals surface area contributed by atoms with Crippen LogP contribution in [0.2, 0.25) is 0 Å². The molecule has 6 nitrogen and oxygen atoms in total. The molecule has 6 heteroatoms. The molecule has 0 aliphatic carbocycles. The van der Waals surface area contributed by atoms with Crippen molar-refractivity contribution < 1.29 is 23.7 Å². The van der Waals surface area contributed by atoms with Gasteiger partial charge in [0.25, 0.3) is 0 Å². The Morgan fingerprint density at radius 3 is 1.94 bits per heavy atom. The first-order valence-corrected chi connectivity index (χ1v) is 5.84. The van der Waals surface area contributed by atoms with Gasteiger partial charge in [0.05, 0.1) is 39.3 Å². The van der Waals surface area contributed by atoms with Crippen molar-refractivity contribution in [3.8, 4) is 0 Å². The van der Waals surface area contributed by atoms with E-state index in [0.717, 1.165) is 0 Å². The van der Waals surface area contributed by atoms with Crippen molar-refractivity contribution in [2.24, 2.45) is 5.73 Å². The third-order valence-corrected chi connectivity index (χ3v) is 1.62. The van der Waals surface area contributed by atoms with Gasteiger partial charge in [0.2, 0.25) is 5.91 Å². The molecular weight excluding hydrogens is 238 g/mol. The Balaban J connectivity index is 0. The summed E-state index contributed by atoms with van der Waals surface area (Å²) < 4.78 is 20.0. The first-order valence-electron chi connectivity index (χ1n) is 5.84. The number of ether oxygens (including phenoxy) is 4. The van der Waals surface area contributed by atoms with Crippen LogP contribution in [0.4, 0.5) is 0 Å². The van der Waals surface area contributed by atoms with Gasteiger partial charge in [-0.25, -0.2) is 0 Å². The number of methoxy groups -OCH3 is 1. The van der Waals surface area contributed by atoms with E-state index in [9.17, 15) is 4.79 Å². The fourth-order valence-corrected chi connectivity index (χ4v) is 0.655. The Morgan fingerprint density at radius 1 is 1.11 bits per heavy atom. The molecule has 0 aliphatic rings. The third-order valence-electron chi connectivity index (χ3n) is 1.62. The van der Waals surface area contributed by atoms with Gasteiger partial charge in [-0.15, -0.1) is 0 Å². The first-order chi connectivity index (χ1) is 8.68. The topological polar surface area (TPSA) is 80.0 Å². The summed E-state index contributed by atoms with van der Waals surface area (Å²) in [5.74, 6) is -0.245. The quantitative estimate of drug-likeness (QED) is 0.438. The van der Waals surface area contributed by atoms with Gasteiger partial charge < -0.3 is 24.7 Å². The van der Waals surface area contributed by atoms with E-state index in [4.69, 9.17) is 18.9 Å². The van der Waals surface area contributed by atoms with Crippen LogP contribution in [-0.2, 0) is 23.7 Å². The number of rotatable bonds is 11. The lowest BCUT2D eigenvalue weighted by Gasteiger charge is -2.04. The summed E-state index contributed by atoms with van der Waals surface area (Å²) in [5, 5.41) is 0. The molecule has 0 atom stereocenters. The van der Waals surface area contributed by atoms with Crippen molar-refractivity contribution in [3.05, 3.63) is 12.8 Å². The number of carbonyl (C=O) groups excluding carboxylic acids is 1. The minimum Gasteiger partial charge on any atom is -0.499 e. The average Bonchev–Trinajstić information content (AvgIpc) is 2.37. The fraction of sp³-hybridized carbons (Fsp3) is 0.750. The molecule has 0 aromatic heterocycles. The lowest BCUT2D eigenvalue weighted by atomic mass is 10.5. The minimum atomic E-state index is -0.245. The number of hydrogen-bond acceptors (Lipinski definition) is 5. The van der Waals surface area contributed by atoms with Gasteiger partial charge in [0.15, 0.2) is 0 Å². The highest BCUT2D eigenvalue weighted by molar-refractivity contribution is 5.73. The largest absolute Gasteiger partial charge is 0.499 e. The molecule has 0 saturated heterocycles. The summed E-state index contributed by atoms with van der Waals surface area (Å²) in [6.07, 6.45) is 1.85. The molecule has 0 spiro atoms. The van der Waals surface area contributed by atoms with Gasteiger partial charge in [-0.3, -0.25) is 4.79 Å². The summed E-state index contributed by atoms with van der Waals surface area (Å²) in [6, 6.07) is 0. The summed E-state index contributed by atoms with van der Waals surface area (Å²) in [5.41, 5.74) is 4.65. The summed E-state index contributed by atoms with van der Waals surface area (Å²) in [7, 11) is 1.65. The van der Waals surface area contributed by atoms with Crippen molar-refractivity contribution in [3.63, 3.8) is 0 Å². The van der Waals surface area contributed by atoms with Crippen LogP contribution in [0, 0.1) is 0 Å². The Morgan fingerprint density at radius 2 is 1.56 bits per heavy atom. The predicted octanol–water partition coefficient (Wildman–Crippen LogP) is 0.708. The van der Waals surface area contributed by atoms with E-state index in [2.05, 4.69) is 12.3 Å². The highest BCUT2D eigenvalue weighted by Crippen LogP contribution is 1.81. The van der Waals surface area contributed by atoms with E-state index in [1.165, 1.54) is 6.26 Å². The Kier molecular flexibility index (Phi) is 19.5. The molecule has 1 amide bonds. The number of amides is 1. The second kappa shape index (κ2) is 18.3. The molecule has 0 bridgehead atoms. The van der Waals surface area contributed by atoms with Gasteiger partial charge in [-0.05, 0) is 0 Å². The molecule has 0 aliphatic heterocycles. The summed E-state index contributed by atoms with van der Waals surface area (Å²) >= 11 is 0. The maximum absolute atomic E-state index is 9.59. The average molecular weight is 263 g/mol. The molecule has 0 aromatic rings. The van der Waals surface area contributed by atoms with Crippen molar-refractivity contribution >= 4 is 5.91 Å². The van der Waals surface area contributed by atoms with E-state index in [1.54, 1.807) is 14.0 Å². The van der Waals surface area contributed by atoms with Gasteiger partial charge in [0, 0.05) is 13.5 Å². The first kappa shape index (κ1) is 19.2. The van der Waals surface area contributed by atoms with Crippen LogP contribution >= 0.6 is 0 Å². The van der Waals surface area contributed by atoms with Crippen molar-refractivity contribution in [1.82, 2.24) is 0 Å². The highest BCUT2D eigenvalue weighted by Gasteiger charge is 1.89. The lowest BCUT2D eigenvalue weighted by Crippen LogP contribution is -2.10. The smallest absolute Gasteiger partial charge is 0.217 e. The second-order valence-corrected chi connectivity index (χ2v) is 3.07. The summed E-state index contributed by atoms with van der Waals surface area (Å²) in [6.45, 7) is 8.67. The van der Waals surface area contributed by atoms with Crippen molar-refractivity contribution in [2.45, 2.75) is 13.3 Å². The predicted molar refractivity (Wildman–Crippen MR) is 69.1 cm³/mol. The monoisotopic (exact) mass is 263 g/mol. The van der Waals surface area contributed by atoms with E-state index in [0.29, 0.717) is 46.1 Å². The van der Waals surface area contributed by atoms with Gasteiger partial charge in [-0.2, -0.15) is 0 Å². The van der Waals surface area contributed by atoms with E-state index in [1.807, 2.05) is 0 Å². The second-order valence-electron chi connectivity index (χ2n) is 3.07. The van der Waals surface area contributed by atoms with E-state index >= 15 is 0 Å². The Labute approximate surface area is 109 Å². The van der Waals surface area contributed by atoms with Crippen LogP contribution in [0.3, 0.4) is 0 Å². The van der Waals surface area contributed by atoms with Gasteiger partial charge >= 0.3 is 0 Å². The zero-order chi connectivity index (χ0) is 14.1. The minimum absolute atomic E-state index is 0.245. The van der Waals surface area contributed by atoms with Crippen LogP contribution in [0.15, 0.2) is 12.8 Å². The number of primary amides is 1. The Bertz CT molecular complexity index is 187. The van der Waals surface area contributed by atoms with Crippen molar-refractivity contribution in [1.29, 1.82) is 0 Å². The molecule has 0 radical (unpaired) electrons. The van der Waals surface area contributed by atoms with Crippen LogP contribution in [0.1, 0.15) is 13.3 Å². The maximum Gasteiger partial charge on any atom is 0.217 e. The maximum atomic E-state index is 9.59. The summed E-state index contributed by atoms with van der Waals surface area (Å²) in [4.78, 5) is 9.59. The Hall–Kier alpha value is -1.11. The van der Waals surface area contributed by atoms with Crippen LogP contribution in [0.25, 0.3) is 0 Å². The number of carbonyl (C=O) groups is 1. The van der Waals surface area contributed by atoms with Crippen molar-refractivity contribution in [2.75, 3.05) is 46.8 Å².